The molecule has 0 N–H and O–H groups in total. The van der Waals surface area contributed by atoms with Crippen LogP contribution in [0.4, 0.5) is 0 Å². The van der Waals surface area contributed by atoms with Gasteiger partial charge in [-0.2, -0.15) is 10.5 Å². The Labute approximate surface area is 450 Å². The zero-order valence-corrected chi connectivity index (χ0v) is 44.2. The number of nitriles is 2. The number of nitrogens with zero attached hydrogens (tertiary/aromatic N) is 5. The molecule has 3 aromatic heterocycles. The number of benzene rings is 7. The maximum Gasteiger partial charge on any atom is 3.00 e. The fourth-order valence-electron chi connectivity index (χ4n) is 9.75. The molecule has 0 aliphatic rings. The molecule has 10 aromatic rings. The summed E-state index contributed by atoms with van der Waals surface area (Å²) >= 11 is 0. The summed E-state index contributed by atoms with van der Waals surface area (Å²) in [6.45, 7) is 7.88. The Kier molecular flexibility index (Phi) is 15.3. The summed E-state index contributed by atoms with van der Waals surface area (Å²) in [7, 11) is 0. The minimum Gasteiger partial charge on any atom is -0.305 e. The molecule has 7 aromatic carbocycles. The van der Waals surface area contributed by atoms with Gasteiger partial charge in [-0.3, -0.25) is 0 Å². The van der Waals surface area contributed by atoms with Crippen molar-refractivity contribution < 1.29 is 21.5 Å². The van der Waals surface area contributed by atoms with Crippen molar-refractivity contribution in [3.63, 3.8) is 0 Å². The normalized spacial score (nSPS) is 11.2. The summed E-state index contributed by atoms with van der Waals surface area (Å²) in [6, 6.07) is 73.4. The van der Waals surface area contributed by atoms with E-state index < -0.39 is 5.89 Å². The Morgan fingerprint density at radius 3 is 1.58 bits per heavy atom. The van der Waals surface area contributed by atoms with Gasteiger partial charge < -0.3 is 15.0 Å². The van der Waals surface area contributed by atoms with Gasteiger partial charge in [-0.05, 0) is 130 Å². The van der Waals surface area contributed by atoms with Gasteiger partial charge in [-0.25, -0.2) is 0 Å². The summed E-state index contributed by atoms with van der Waals surface area (Å²) in [5.41, 5.74) is 22.2. The first-order chi connectivity index (χ1) is 36.0. The molecule has 0 unspecified atom stereocenters. The van der Waals surface area contributed by atoms with Crippen LogP contribution in [0.15, 0.2) is 188 Å². The van der Waals surface area contributed by atoms with Crippen LogP contribution in [0.3, 0.4) is 0 Å². The molecule has 5 nitrogen and oxygen atoms in total. The number of aromatic nitrogens is 3. The molecule has 6 heteroatoms. The van der Waals surface area contributed by atoms with Gasteiger partial charge in [0.25, 0.3) is 0 Å². The second kappa shape index (κ2) is 23.0. The van der Waals surface area contributed by atoms with Crippen LogP contribution in [0.1, 0.15) is 71.2 Å². The smallest absolute Gasteiger partial charge is 0.305 e. The van der Waals surface area contributed by atoms with E-state index in [0.717, 1.165) is 121 Å². The number of rotatable bonds is 14. The summed E-state index contributed by atoms with van der Waals surface area (Å²) in [5.74, 6) is -0.782. The molecule has 358 valence electrons. The van der Waals surface area contributed by atoms with Crippen LogP contribution >= 0.6 is 0 Å². The maximum absolute atomic E-state index is 10.2. The largest absolute Gasteiger partial charge is 3.00 e. The minimum absolute atomic E-state index is 0. The second-order valence-corrected chi connectivity index (χ2v) is 18.8. The number of hydrogen-bond donors (Lipinski definition) is 0. The van der Waals surface area contributed by atoms with E-state index in [1.54, 1.807) is 18.3 Å². The Morgan fingerprint density at radius 2 is 1.05 bits per heavy atom. The molecule has 0 fully saturated rings. The van der Waals surface area contributed by atoms with Crippen molar-refractivity contribution >= 4 is 0 Å². The predicted octanol–water partition coefficient (Wildman–Crippen LogP) is 16.0. The van der Waals surface area contributed by atoms with Gasteiger partial charge in [0.05, 0.1) is 23.3 Å². The zero-order chi connectivity index (χ0) is 51.2. The van der Waals surface area contributed by atoms with Gasteiger partial charge in [0.15, 0.2) is 0 Å². The Balaban J connectivity index is 0.00000689. The molecule has 0 amide bonds. The predicted molar refractivity (Wildman–Crippen MR) is 295 cm³/mol. The molecular formula is C68H52IrN5. The molecule has 3 heterocycles. The zero-order valence-electron chi connectivity index (χ0n) is 42.8. The molecule has 0 atom stereocenters. The van der Waals surface area contributed by atoms with E-state index in [0.29, 0.717) is 11.1 Å². The number of aryl methyl sites for hydroxylation is 6. The van der Waals surface area contributed by atoms with Crippen molar-refractivity contribution in [3.05, 3.63) is 257 Å². The van der Waals surface area contributed by atoms with Crippen molar-refractivity contribution in [2.45, 2.75) is 59.3 Å². The first kappa shape index (κ1) is 49.2. The van der Waals surface area contributed by atoms with E-state index >= 15 is 0 Å². The molecule has 74 heavy (non-hydrogen) atoms. The SMILES string of the molecule is [2H]C(C)(C)c1ccc(-c2[c-]cc(-c3ccccc3-c3cc(CCc4c[c-]c(-c5ccccn5)cc4)cc(CCc4c[c-]c(-c5ccccn5)cc4)c3)c(-c3cc(C)c(-c4cc(C#N)ccc4C#N)c(C)c3)c2)nc1.[Ir+3]. The van der Waals surface area contributed by atoms with E-state index in [1.165, 1.54) is 22.3 Å². The average Bonchev–Trinajstić information content (AvgIpc) is 3.44. The van der Waals surface area contributed by atoms with Crippen LogP contribution in [0, 0.1) is 54.7 Å². The standard InChI is InChI=1S/C68H52N5.Ir/c1-45(2)57-30-32-67(73-44-57)55-29-31-62(63(41-55)58-35-46(3)68(47(4)36-58)64-40-52(42-69)23-28-56(64)43-70)61-12-6-5-11-60(61)59-38-50(17-15-48-19-24-53(25-20-48)65-13-7-9-33-71-65)37-51(39-59)18-16-49-21-26-54(27-22-49)66-14-8-10-34-72-66;/h5-14,19-24,26,28,30-41,44-45H,15-18H2,1-4H3;/q-3;+3/i45D;. The van der Waals surface area contributed by atoms with Gasteiger partial charge in [-0.15, -0.1) is 94.5 Å². The van der Waals surface area contributed by atoms with Crippen molar-refractivity contribution in [2.75, 3.05) is 0 Å². The van der Waals surface area contributed by atoms with Gasteiger partial charge in [0, 0.05) is 25.5 Å². The molecule has 0 spiro atoms. The molecule has 0 bridgehead atoms. The fraction of sp³-hybridized carbons (Fsp3) is 0.132. The van der Waals surface area contributed by atoms with Crippen molar-refractivity contribution in [3.8, 4) is 90.4 Å². The van der Waals surface area contributed by atoms with E-state index in [1.807, 2.05) is 80.8 Å². The minimum atomic E-state index is -0.782. The van der Waals surface area contributed by atoms with E-state index in [2.05, 4.69) is 157 Å². The van der Waals surface area contributed by atoms with Gasteiger partial charge >= 0.3 is 20.1 Å². The number of hydrogen-bond acceptors (Lipinski definition) is 5. The second-order valence-electron chi connectivity index (χ2n) is 18.8. The van der Waals surface area contributed by atoms with Gasteiger partial charge in [-0.1, -0.05) is 134 Å². The van der Waals surface area contributed by atoms with Gasteiger partial charge in [0.2, 0.25) is 0 Å². The van der Waals surface area contributed by atoms with Crippen molar-refractivity contribution in [2.24, 2.45) is 0 Å². The Hall–Kier alpha value is -8.38. The van der Waals surface area contributed by atoms with Crippen LogP contribution in [0.25, 0.3) is 78.3 Å². The third kappa shape index (κ3) is 11.3. The molecule has 0 saturated carbocycles. The molecular weight excluding hydrogens is 1080 g/mol. The van der Waals surface area contributed by atoms with Crippen molar-refractivity contribution in [1.82, 2.24) is 15.0 Å². The van der Waals surface area contributed by atoms with Crippen LogP contribution in [0.5, 0.6) is 0 Å². The number of pyridine rings is 3. The van der Waals surface area contributed by atoms with Crippen molar-refractivity contribution in [1.29, 1.82) is 10.5 Å². The third-order valence-electron chi connectivity index (χ3n) is 13.6. The van der Waals surface area contributed by atoms with E-state index in [4.69, 9.17) is 6.35 Å². The molecule has 10 rings (SSSR count). The Bertz CT molecular complexity index is 3590. The average molecular weight is 1130 g/mol. The van der Waals surface area contributed by atoms with Crippen LogP contribution in [0.2, 0.25) is 0 Å². The quantitative estimate of drug-likeness (QED) is 0.101. The van der Waals surface area contributed by atoms with Gasteiger partial charge in [0.1, 0.15) is 0 Å². The third-order valence-corrected chi connectivity index (χ3v) is 13.6. The molecule has 0 aliphatic carbocycles. The summed E-state index contributed by atoms with van der Waals surface area (Å²) < 4.78 is 8.61. The van der Waals surface area contributed by atoms with Crippen LogP contribution in [-0.2, 0) is 45.8 Å². The summed E-state index contributed by atoms with van der Waals surface area (Å²) in [6.07, 6.45) is 8.82. The topological polar surface area (TPSA) is 86.2 Å². The van der Waals surface area contributed by atoms with Crippen LogP contribution in [-0.4, -0.2) is 15.0 Å². The van der Waals surface area contributed by atoms with Crippen LogP contribution < -0.4 is 0 Å². The first-order valence-electron chi connectivity index (χ1n) is 25.2. The van der Waals surface area contributed by atoms with E-state index in [9.17, 15) is 10.5 Å². The van der Waals surface area contributed by atoms with E-state index in [-0.39, 0.29) is 20.1 Å². The summed E-state index contributed by atoms with van der Waals surface area (Å²) in [4.78, 5) is 13.9. The molecule has 0 radical (unpaired) electrons. The maximum atomic E-state index is 10.2. The fourth-order valence-corrected chi connectivity index (χ4v) is 9.75. The first-order valence-corrected chi connectivity index (χ1v) is 24.7. The monoisotopic (exact) mass is 1130 g/mol. The molecule has 0 aliphatic heterocycles. The Morgan fingerprint density at radius 1 is 0.486 bits per heavy atom. The summed E-state index contributed by atoms with van der Waals surface area (Å²) in [5, 5.41) is 20.0. The molecule has 0 saturated heterocycles.